The molecule has 0 N–H and O–H groups in total. The smallest absolute Gasteiger partial charge is 0.228 e. The zero-order valence-corrected chi connectivity index (χ0v) is 15.7. The number of thiocarbonyl (C=S) groups is 1. The fraction of sp³-hybridized carbons (Fsp3) is 0.471. The van der Waals surface area contributed by atoms with Gasteiger partial charge in [0.15, 0.2) is 15.6 Å². The third-order valence-electron chi connectivity index (χ3n) is 3.86. The Hall–Kier alpha value is -1.40. The molecule has 0 amide bonds. The highest BCUT2D eigenvalue weighted by Crippen LogP contribution is 2.43. The third-order valence-corrected chi connectivity index (χ3v) is 5.26. The Bertz CT molecular complexity index is 745. The molecule has 0 unspecified atom stereocenters. The van der Waals surface area contributed by atoms with E-state index in [2.05, 4.69) is 0 Å². The molecule has 126 valence electrons. The van der Waals surface area contributed by atoms with E-state index in [1.807, 2.05) is 27.7 Å². The van der Waals surface area contributed by atoms with Gasteiger partial charge in [0.2, 0.25) is 5.05 Å². The molecule has 1 aromatic carbocycles. The summed E-state index contributed by atoms with van der Waals surface area (Å²) in [7, 11) is -3.23. The Kier molecular flexibility index (Phi) is 4.87. The Balaban J connectivity index is 2.58. The molecule has 4 nitrogen and oxygen atoms in total. The van der Waals surface area contributed by atoms with Crippen LogP contribution in [0.2, 0.25) is 0 Å². The minimum Gasteiger partial charge on any atom is -0.486 e. The van der Waals surface area contributed by atoms with E-state index in [-0.39, 0.29) is 11.0 Å². The molecule has 23 heavy (non-hydrogen) atoms. The predicted octanol–water partition coefficient (Wildman–Crippen LogP) is 3.75. The van der Waals surface area contributed by atoms with Crippen LogP contribution in [0.3, 0.4) is 0 Å². The lowest BCUT2D eigenvalue weighted by Crippen LogP contribution is -2.25. The second kappa shape index (κ2) is 6.24. The number of sulfone groups is 1. The largest absolute Gasteiger partial charge is 0.486 e. The van der Waals surface area contributed by atoms with E-state index < -0.39 is 15.4 Å². The fourth-order valence-electron chi connectivity index (χ4n) is 2.54. The zero-order chi connectivity index (χ0) is 17.4. The van der Waals surface area contributed by atoms with Gasteiger partial charge in [-0.3, -0.25) is 0 Å². The van der Waals surface area contributed by atoms with Crippen molar-refractivity contribution in [2.24, 2.45) is 0 Å². The molecule has 0 spiro atoms. The van der Waals surface area contributed by atoms with Crippen molar-refractivity contribution in [2.45, 2.75) is 50.7 Å². The van der Waals surface area contributed by atoms with Crippen LogP contribution in [0, 0.1) is 0 Å². The highest BCUT2D eigenvalue weighted by atomic mass is 32.2. The summed E-state index contributed by atoms with van der Waals surface area (Å²) in [5, 5.41) is 0.352. The summed E-state index contributed by atoms with van der Waals surface area (Å²) in [6.45, 7) is 7.85. The van der Waals surface area contributed by atoms with Gasteiger partial charge in [0.25, 0.3) is 0 Å². The Labute approximate surface area is 143 Å². The highest BCUT2D eigenvalue weighted by molar-refractivity contribution is 7.90. The molecule has 1 heterocycles. The number of ether oxygens (including phenoxy) is 2. The predicted molar refractivity (Wildman–Crippen MR) is 95.1 cm³/mol. The SMILES string of the molecule is CC[C@]1(C)OC(=S)C(OC(C)C)=C1c1ccc(S(C)(=O)=O)cc1. The third kappa shape index (κ3) is 3.58. The molecule has 1 aliphatic heterocycles. The average molecular weight is 354 g/mol. The van der Waals surface area contributed by atoms with E-state index in [1.165, 1.54) is 6.26 Å². The molecule has 0 aromatic heterocycles. The van der Waals surface area contributed by atoms with Crippen molar-refractivity contribution < 1.29 is 17.9 Å². The zero-order valence-electron chi connectivity index (χ0n) is 14.0. The topological polar surface area (TPSA) is 52.6 Å². The van der Waals surface area contributed by atoms with Gasteiger partial charge in [-0.15, -0.1) is 0 Å². The van der Waals surface area contributed by atoms with E-state index in [1.54, 1.807) is 24.3 Å². The van der Waals surface area contributed by atoms with Crippen molar-refractivity contribution >= 4 is 32.7 Å². The quantitative estimate of drug-likeness (QED) is 0.754. The van der Waals surface area contributed by atoms with Crippen LogP contribution >= 0.6 is 12.2 Å². The molecular weight excluding hydrogens is 332 g/mol. The molecule has 0 saturated heterocycles. The monoisotopic (exact) mass is 354 g/mol. The first kappa shape index (κ1) is 17.9. The van der Waals surface area contributed by atoms with Gasteiger partial charge in [-0.05, 0) is 57.1 Å². The van der Waals surface area contributed by atoms with Crippen LogP contribution in [0.15, 0.2) is 34.9 Å². The van der Waals surface area contributed by atoms with Crippen LogP contribution in [0.4, 0.5) is 0 Å². The second-order valence-corrected chi connectivity index (χ2v) is 8.53. The average Bonchev–Trinajstić information content (AvgIpc) is 2.69. The molecular formula is C17H22O4S2. The number of benzene rings is 1. The van der Waals surface area contributed by atoms with Crippen molar-refractivity contribution in [2.75, 3.05) is 6.26 Å². The maximum atomic E-state index is 11.6. The first-order valence-corrected chi connectivity index (χ1v) is 9.83. The second-order valence-electron chi connectivity index (χ2n) is 6.14. The molecule has 0 aliphatic carbocycles. The van der Waals surface area contributed by atoms with Gasteiger partial charge in [-0.1, -0.05) is 19.1 Å². The van der Waals surface area contributed by atoms with Crippen molar-refractivity contribution in [3.05, 3.63) is 35.6 Å². The summed E-state index contributed by atoms with van der Waals surface area (Å²) in [6.07, 6.45) is 1.89. The lowest BCUT2D eigenvalue weighted by atomic mass is 9.88. The Morgan fingerprint density at radius 1 is 1.26 bits per heavy atom. The Morgan fingerprint density at radius 3 is 2.26 bits per heavy atom. The molecule has 0 bridgehead atoms. The summed E-state index contributed by atoms with van der Waals surface area (Å²) in [6, 6.07) is 6.76. The first-order valence-electron chi connectivity index (χ1n) is 7.53. The van der Waals surface area contributed by atoms with Gasteiger partial charge < -0.3 is 9.47 Å². The molecule has 1 aliphatic rings. The van der Waals surface area contributed by atoms with E-state index in [4.69, 9.17) is 21.7 Å². The van der Waals surface area contributed by atoms with Gasteiger partial charge in [0.1, 0.15) is 5.60 Å². The van der Waals surface area contributed by atoms with Crippen LogP contribution in [0.25, 0.3) is 5.57 Å². The number of hydrogen-bond donors (Lipinski definition) is 0. The summed E-state index contributed by atoms with van der Waals surface area (Å²) >= 11 is 5.34. The Morgan fingerprint density at radius 2 is 1.83 bits per heavy atom. The van der Waals surface area contributed by atoms with Gasteiger partial charge in [0.05, 0.1) is 11.0 Å². The lowest BCUT2D eigenvalue weighted by molar-refractivity contribution is 0.141. The van der Waals surface area contributed by atoms with Crippen molar-refractivity contribution in [3.63, 3.8) is 0 Å². The standard InChI is InChI=1S/C17H22O4S2/c1-6-17(4)14(15(16(22)21-17)20-11(2)3)12-7-9-13(10-8-12)23(5,18)19/h7-11H,6H2,1-5H3/t17-/m0/s1. The minimum atomic E-state index is -3.23. The number of hydrogen-bond acceptors (Lipinski definition) is 5. The lowest BCUT2D eigenvalue weighted by Gasteiger charge is -2.25. The molecule has 2 rings (SSSR count). The summed E-state index contributed by atoms with van der Waals surface area (Å²) in [5.41, 5.74) is 1.16. The van der Waals surface area contributed by atoms with E-state index >= 15 is 0 Å². The van der Waals surface area contributed by atoms with Crippen molar-refractivity contribution in [1.29, 1.82) is 0 Å². The molecule has 1 aromatic rings. The van der Waals surface area contributed by atoms with Crippen LogP contribution < -0.4 is 0 Å². The molecule has 0 saturated carbocycles. The van der Waals surface area contributed by atoms with Crippen molar-refractivity contribution in [3.8, 4) is 0 Å². The molecule has 1 atom stereocenters. The van der Waals surface area contributed by atoms with E-state index in [9.17, 15) is 8.42 Å². The highest BCUT2D eigenvalue weighted by Gasteiger charge is 2.43. The van der Waals surface area contributed by atoms with Crippen LogP contribution in [-0.2, 0) is 19.3 Å². The van der Waals surface area contributed by atoms with Crippen LogP contribution in [0.1, 0.15) is 39.7 Å². The van der Waals surface area contributed by atoms with Gasteiger partial charge in [-0.2, -0.15) is 0 Å². The first-order chi connectivity index (χ1) is 10.6. The normalized spacial score (nSPS) is 21.7. The van der Waals surface area contributed by atoms with Crippen LogP contribution in [0.5, 0.6) is 0 Å². The summed E-state index contributed by atoms with van der Waals surface area (Å²) < 4.78 is 35.0. The van der Waals surface area contributed by atoms with Gasteiger partial charge >= 0.3 is 0 Å². The molecule has 6 heteroatoms. The number of rotatable bonds is 5. The summed E-state index contributed by atoms with van der Waals surface area (Å²) in [5.74, 6) is 0.575. The van der Waals surface area contributed by atoms with Gasteiger partial charge in [-0.25, -0.2) is 8.42 Å². The van der Waals surface area contributed by atoms with Crippen molar-refractivity contribution in [1.82, 2.24) is 0 Å². The van der Waals surface area contributed by atoms with Crippen LogP contribution in [-0.4, -0.2) is 31.4 Å². The summed E-state index contributed by atoms with van der Waals surface area (Å²) in [4.78, 5) is 0.285. The fourth-order valence-corrected chi connectivity index (χ4v) is 3.51. The van der Waals surface area contributed by atoms with E-state index in [0.717, 1.165) is 17.6 Å². The van der Waals surface area contributed by atoms with E-state index in [0.29, 0.717) is 10.8 Å². The maximum Gasteiger partial charge on any atom is 0.228 e. The molecule has 0 radical (unpaired) electrons. The minimum absolute atomic E-state index is 0.0314. The van der Waals surface area contributed by atoms with Gasteiger partial charge in [0, 0.05) is 11.8 Å². The maximum absolute atomic E-state index is 11.6. The molecule has 0 fully saturated rings.